The summed E-state index contributed by atoms with van der Waals surface area (Å²) in [5.41, 5.74) is -3.31. The topological polar surface area (TPSA) is 224 Å². The molecular weight excluding hydrogens is 1310 g/mol. The lowest BCUT2D eigenvalue weighted by Gasteiger charge is -2.62. The first-order chi connectivity index (χ1) is 42.8. The van der Waals surface area contributed by atoms with Gasteiger partial charge < -0.3 is 38.8 Å². The van der Waals surface area contributed by atoms with E-state index >= 15 is 0 Å². The fourth-order valence-corrected chi connectivity index (χ4v) is 18.3. The van der Waals surface area contributed by atoms with Crippen molar-refractivity contribution in [2.45, 2.75) is 400 Å². The van der Waals surface area contributed by atoms with E-state index in [1.165, 1.54) is 69.5 Å². The van der Waals surface area contributed by atoms with Gasteiger partial charge in [-0.1, -0.05) is 162 Å². The molecule has 11 saturated carbocycles. The van der Waals surface area contributed by atoms with E-state index in [1.54, 1.807) is 13.8 Å². The van der Waals surface area contributed by atoms with E-state index in [-0.39, 0.29) is 185 Å². The minimum Gasteiger partial charge on any atom is -0.459 e. The van der Waals surface area contributed by atoms with E-state index in [2.05, 4.69) is 33.0 Å². The highest BCUT2D eigenvalue weighted by molar-refractivity contribution is 8.14. The average Bonchev–Trinajstić information content (AvgIpc) is 0.815. The van der Waals surface area contributed by atoms with Crippen LogP contribution in [0.1, 0.15) is 359 Å². The van der Waals surface area contributed by atoms with Gasteiger partial charge in [0.2, 0.25) is 11.0 Å². The lowest BCUT2D eigenvalue weighted by Crippen LogP contribution is -2.63. The molecule has 10 bridgehead atoms. The molecule has 0 spiro atoms. The van der Waals surface area contributed by atoms with Crippen LogP contribution in [0.25, 0.3) is 0 Å². The molecule has 17 heteroatoms. The Bertz CT molecular complexity index is 2590. The monoisotopic (exact) mass is 1470 g/mol. The number of carbonyl (C=O) groups is 8. The average molecular weight is 1470 g/mol. The number of rotatable bonds is 19. The first-order valence-corrected chi connectivity index (χ1v) is 37.3. The minimum atomic E-state index is -0.610. The Labute approximate surface area is 631 Å². The molecule has 8 atom stereocenters. The van der Waals surface area contributed by atoms with Crippen molar-refractivity contribution in [3.05, 3.63) is 0 Å². The molecule has 16 nitrogen and oxygen atoms in total. The fraction of sp³-hybridized carbons (Fsp3) is 0.906. The number of fused-ring (bicyclic) bond motifs is 1. The second kappa shape index (κ2) is 41.0. The highest BCUT2D eigenvalue weighted by atomic mass is 32.2. The van der Waals surface area contributed by atoms with Gasteiger partial charge in [0.05, 0.1) is 39.2 Å². The lowest BCUT2D eigenvalue weighted by atomic mass is 9.47. The molecule has 0 aromatic carbocycles. The summed E-state index contributed by atoms with van der Waals surface area (Å²) >= 11 is 1.31. The van der Waals surface area contributed by atoms with E-state index in [0.717, 1.165) is 107 Å². The molecule has 2 aliphatic heterocycles. The zero-order valence-corrected chi connectivity index (χ0v) is 61.0. The van der Waals surface area contributed by atoms with Crippen molar-refractivity contribution >= 4 is 58.6 Å². The van der Waals surface area contributed by atoms with Gasteiger partial charge in [-0.3, -0.25) is 33.6 Å². The number of hydrogen-bond acceptors (Lipinski definition) is 16. The molecule has 8 unspecified atom stereocenters. The molecule has 2 heterocycles. The molecule has 604 valence electrons. The summed E-state index contributed by atoms with van der Waals surface area (Å²) in [4.78, 5) is 95.7. The van der Waals surface area contributed by atoms with Crippen molar-refractivity contribution in [3.63, 3.8) is 0 Å². The molecule has 2 N–H and O–H groups in total. The lowest BCUT2D eigenvalue weighted by molar-refractivity contribution is -0.231. The van der Waals surface area contributed by atoms with E-state index in [4.69, 9.17) is 28.4 Å². The number of ether oxygens (including phenoxy) is 6. The molecule has 11 aliphatic carbocycles. The highest BCUT2D eigenvalue weighted by Gasteiger charge is 2.65. The Kier molecular flexibility index (Phi) is 42.1. The van der Waals surface area contributed by atoms with Crippen LogP contribution in [0.15, 0.2) is 0 Å². The second-order valence-electron chi connectivity index (χ2n) is 34.1. The number of amides is 1. The molecular formula is C85H163NO15S. The van der Waals surface area contributed by atoms with Gasteiger partial charge in [-0.25, -0.2) is 4.79 Å². The quantitative estimate of drug-likeness (QED) is 0.0906. The van der Waals surface area contributed by atoms with E-state index in [0.29, 0.717) is 42.4 Å². The van der Waals surface area contributed by atoms with Crippen LogP contribution < -0.4 is 5.32 Å². The fourth-order valence-electron chi connectivity index (χ4n) is 17.4. The zero-order valence-electron chi connectivity index (χ0n) is 60.2. The third kappa shape index (κ3) is 23.6. The second-order valence-corrected chi connectivity index (χ2v) is 35.1. The van der Waals surface area contributed by atoms with Crippen molar-refractivity contribution in [1.82, 2.24) is 5.32 Å². The summed E-state index contributed by atoms with van der Waals surface area (Å²) in [6.45, 7) is 35.5. The molecule has 102 heavy (non-hydrogen) atoms. The van der Waals surface area contributed by atoms with Gasteiger partial charge >= 0.3 is 35.8 Å². The van der Waals surface area contributed by atoms with E-state index in [1.807, 2.05) is 83.1 Å². The predicted molar refractivity (Wildman–Crippen MR) is 423 cm³/mol. The van der Waals surface area contributed by atoms with Crippen molar-refractivity contribution in [1.29, 1.82) is 0 Å². The number of nitrogens with one attached hydrogen (secondary N) is 1. The molecule has 13 aliphatic rings. The van der Waals surface area contributed by atoms with Crippen LogP contribution in [0.5, 0.6) is 0 Å². The third-order valence-corrected chi connectivity index (χ3v) is 26.1. The van der Waals surface area contributed by atoms with Crippen LogP contribution >= 0.6 is 11.8 Å². The summed E-state index contributed by atoms with van der Waals surface area (Å²) < 4.78 is 34.0. The first-order valence-electron chi connectivity index (χ1n) is 36.3. The van der Waals surface area contributed by atoms with Gasteiger partial charge in [-0.05, 0) is 244 Å². The Morgan fingerprint density at radius 3 is 1.42 bits per heavy atom. The van der Waals surface area contributed by atoms with Crippen LogP contribution in [-0.2, 0) is 66.8 Å². The van der Waals surface area contributed by atoms with Gasteiger partial charge in [0.1, 0.15) is 29.0 Å². The van der Waals surface area contributed by atoms with Gasteiger partial charge in [-0.2, -0.15) is 0 Å². The van der Waals surface area contributed by atoms with Crippen molar-refractivity contribution in [2.75, 3.05) is 12.4 Å². The minimum absolute atomic E-state index is 0. The molecule has 13 rings (SSSR count). The van der Waals surface area contributed by atoms with Crippen molar-refractivity contribution < 1.29 is 71.9 Å². The van der Waals surface area contributed by atoms with E-state index in [9.17, 15) is 43.5 Å². The maximum atomic E-state index is 12.8. The van der Waals surface area contributed by atoms with Crippen LogP contribution in [-0.4, -0.2) is 105 Å². The van der Waals surface area contributed by atoms with Crippen LogP contribution in [0.4, 0.5) is 0 Å². The molecule has 1 amide bonds. The Morgan fingerprint density at radius 1 is 0.559 bits per heavy atom. The number of carbonyl (C=O) groups excluding carboxylic acids is 8. The smallest absolute Gasteiger partial charge is 0.344 e. The maximum Gasteiger partial charge on any atom is 0.344 e. The van der Waals surface area contributed by atoms with Gasteiger partial charge in [0.25, 0.3) is 0 Å². The first kappa shape index (κ1) is 105. The van der Waals surface area contributed by atoms with Crippen LogP contribution in [0.3, 0.4) is 0 Å². The van der Waals surface area contributed by atoms with Crippen molar-refractivity contribution in [2.24, 2.45) is 86.3 Å². The number of hydrogen-bond donors (Lipinski definition) is 2. The third-order valence-electron chi connectivity index (χ3n) is 25.1. The zero-order chi connectivity index (χ0) is 68.4. The van der Waals surface area contributed by atoms with Crippen molar-refractivity contribution in [3.8, 4) is 0 Å². The largest absolute Gasteiger partial charge is 0.459 e. The van der Waals surface area contributed by atoms with Crippen LogP contribution in [0, 0.1) is 86.3 Å². The molecule has 2 saturated heterocycles. The Hall–Kier alpha value is -3.73. The van der Waals surface area contributed by atoms with Gasteiger partial charge in [-0.15, -0.1) is 0 Å². The summed E-state index contributed by atoms with van der Waals surface area (Å²) in [5, 5.41) is 13.6. The summed E-state index contributed by atoms with van der Waals surface area (Å²) in [6, 6.07) is -0.252. The number of aliphatic hydroxyl groups is 1. The summed E-state index contributed by atoms with van der Waals surface area (Å²) in [7, 11) is 0. The Morgan fingerprint density at radius 2 is 1.00 bits per heavy atom. The van der Waals surface area contributed by atoms with Crippen LogP contribution in [0.2, 0.25) is 0 Å². The predicted octanol–water partition coefficient (Wildman–Crippen LogP) is 21.3. The molecule has 0 aromatic rings. The Balaban J connectivity index is -0.000000579. The maximum absolute atomic E-state index is 12.8. The highest BCUT2D eigenvalue weighted by Crippen LogP contribution is 2.63. The summed E-state index contributed by atoms with van der Waals surface area (Å²) in [6.07, 6.45) is 24.6. The van der Waals surface area contributed by atoms with Gasteiger partial charge in [0, 0.05) is 29.4 Å². The molecule has 0 radical (unpaired) electrons. The van der Waals surface area contributed by atoms with E-state index < -0.39 is 28.4 Å². The molecule has 0 aromatic heterocycles. The SMILES string of the molecule is C.C.C.C.C.C.C.C.C.C.CCC(C)(C)C(=O)NC1CCSC1=O.CCC(C)(C)C(=O)OC1(C(C)C)C2CC3CC(C2)CC1C3.CCC(C)(C)C(=O)OC12CC3CC(CC(O)(C3)C1)C2.CCC(C)(C)C(=O)OCC(=O)OC1C2CC3C(=O)OC1C3C2.CCC1(OC(=O)C(C)(C)CC)CCCCC1. The number of esters is 6. The van der Waals surface area contributed by atoms with Gasteiger partial charge in [0.15, 0.2) is 6.61 Å². The number of thioether (sulfide) groups is 1. The molecule has 13 fully saturated rings. The summed E-state index contributed by atoms with van der Waals surface area (Å²) in [5.74, 6) is 4.60. The standard InChI is InChI=1S/C19H32O2.C16H22O6.C16H26O3.C14H26O2.C10H17NO2S.10CH4/c1-6-18(4,5)17(20)21-19(12(2)3)15-8-13-7-14(10-15)11-16(19)9-13;1-4-16(2,3)15(19)20-7-11(17)21-12-8-5-9-10(6-8)14(18)22-13(9)12;1-4-14(2,3)13(17)19-16-8-11-5-12(9-16)7-15(18,6-11)10-16;1-5-13(3,4)12(15)16-14(6-2)10-8-7-9-11-14;1-4-10(2,3)9(13)11-7-5-6-14-8(7)12;;;;;;;;;;/h12-16H,6-11H2,1-5H3;8-10,12-13H,4-7H2,1-3H3;11-12,18H,4-10H2,1-3H3;5-11H2,1-4H3;7H,4-6H2,1-3H3,(H,11,13);10*1H4. The normalized spacial score (nSPS) is 30.8.